The van der Waals surface area contributed by atoms with Crippen LogP contribution in [0.15, 0.2) is 54.6 Å². The van der Waals surface area contributed by atoms with Gasteiger partial charge in [0, 0.05) is 24.2 Å². The first-order valence-corrected chi connectivity index (χ1v) is 8.63. The van der Waals surface area contributed by atoms with Crippen LogP contribution in [0.3, 0.4) is 0 Å². The molecule has 5 nitrogen and oxygen atoms in total. The number of benzene rings is 2. The van der Waals surface area contributed by atoms with Gasteiger partial charge in [0.1, 0.15) is 11.5 Å². The van der Waals surface area contributed by atoms with E-state index in [4.69, 9.17) is 9.47 Å². The highest BCUT2D eigenvalue weighted by molar-refractivity contribution is 5.96. The number of anilines is 1. The summed E-state index contributed by atoms with van der Waals surface area (Å²) >= 11 is 0. The summed E-state index contributed by atoms with van der Waals surface area (Å²) in [5.74, 6) is 0.656. The molecule has 0 aliphatic carbocycles. The minimum Gasteiger partial charge on any atom is -0.497 e. The van der Waals surface area contributed by atoms with E-state index in [1.54, 1.807) is 49.4 Å². The molecule has 0 fully saturated rings. The maximum absolute atomic E-state index is 12.3. The summed E-state index contributed by atoms with van der Waals surface area (Å²) in [6, 6.07) is 14.2. The number of amides is 1. The molecular weight excluding hydrogens is 342 g/mol. The predicted molar refractivity (Wildman–Crippen MR) is 107 cm³/mol. The third kappa shape index (κ3) is 5.71. The zero-order chi connectivity index (χ0) is 20.0. The van der Waals surface area contributed by atoms with Crippen LogP contribution in [0.1, 0.15) is 26.3 Å². The van der Waals surface area contributed by atoms with E-state index in [0.717, 1.165) is 17.0 Å². The molecule has 0 unspecified atom stereocenters. The van der Waals surface area contributed by atoms with Crippen molar-refractivity contribution in [2.75, 3.05) is 19.1 Å². The van der Waals surface area contributed by atoms with Crippen LogP contribution in [0.5, 0.6) is 11.5 Å². The Bertz CT molecular complexity index is 832. The molecule has 0 saturated heterocycles. The lowest BCUT2D eigenvalue weighted by atomic mass is 9.95. The second-order valence-corrected chi connectivity index (χ2v) is 7.14. The van der Waals surface area contributed by atoms with E-state index in [0.29, 0.717) is 5.75 Å². The van der Waals surface area contributed by atoms with E-state index in [1.165, 1.54) is 6.08 Å². The molecule has 0 atom stereocenters. The first-order chi connectivity index (χ1) is 12.7. The van der Waals surface area contributed by atoms with Gasteiger partial charge in [0.25, 0.3) is 0 Å². The first kappa shape index (κ1) is 20.2. The summed E-state index contributed by atoms with van der Waals surface area (Å²) in [6.07, 6.45) is 3.02. The van der Waals surface area contributed by atoms with Gasteiger partial charge in [0.15, 0.2) is 0 Å². The van der Waals surface area contributed by atoms with Crippen molar-refractivity contribution in [2.45, 2.75) is 20.8 Å². The van der Waals surface area contributed by atoms with Crippen molar-refractivity contribution < 1.29 is 19.1 Å². The fraction of sp³-hybridized carbons (Fsp3) is 0.273. The number of carbonyl (C=O) groups excluding carboxylic acids is 2. The number of esters is 1. The van der Waals surface area contributed by atoms with Gasteiger partial charge in [0.2, 0.25) is 5.91 Å². The van der Waals surface area contributed by atoms with Crippen LogP contribution >= 0.6 is 0 Å². The average molecular weight is 367 g/mol. The number of nitrogens with zero attached hydrogens (tertiary/aromatic N) is 1. The molecule has 0 radical (unpaired) electrons. The summed E-state index contributed by atoms with van der Waals surface area (Å²) < 4.78 is 10.4. The lowest BCUT2D eigenvalue weighted by Crippen LogP contribution is -2.36. The Balaban J connectivity index is 2.00. The minimum atomic E-state index is -0.482. The van der Waals surface area contributed by atoms with Crippen LogP contribution in [-0.2, 0) is 9.59 Å². The van der Waals surface area contributed by atoms with Gasteiger partial charge >= 0.3 is 5.97 Å². The molecule has 0 aliphatic rings. The highest BCUT2D eigenvalue weighted by Gasteiger charge is 2.25. The van der Waals surface area contributed by atoms with E-state index in [1.807, 2.05) is 45.0 Å². The monoisotopic (exact) mass is 367 g/mol. The summed E-state index contributed by atoms with van der Waals surface area (Å²) in [5.41, 5.74) is 1.11. The van der Waals surface area contributed by atoms with Crippen molar-refractivity contribution in [3.63, 3.8) is 0 Å². The quantitative estimate of drug-likeness (QED) is 0.449. The molecule has 0 aromatic heterocycles. The molecule has 0 N–H and O–H groups in total. The van der Waals surface area contributed by atoms with Gasteiger partial charge in [-0.1, -0.05) is 32.9 Å². The summed E-state index contributed by atoms with van der Waals surface area (Å²) in [6.45, 7) is 5.61. The number of ether oxygens (including phenoxy) is 2. The molecule has 5 heteroatoms. The average Bonchev–Trinajstić information content (AvgIpc) is 2.65. The fourth-order valence-corrected chi connectivity index (χ4v) is 2.42. The van der Waals surface area contributed by atoms with Gasteiger partial charge in [-0.25, -0.2) is 4.79 Å². The largest absolute Gasteiger partial charge is 0.497 e. The van der Waals surface area contributed by atoms with Crippen LogP contribution in [0.4, 0.5) is 5.69 Å². The highest BCUT2D eigenvalue weighted by atomic mass is 16.5. The molecule has 2 rings (SSSR count). The van der Waals surface area contributed by atoms with Crippen LogP contribution < -0.4 is 14.4 Å². The van der Waals surface area contributed by atoms with Crippen molar-refractivity contribution in [3.8, 4) is 11.5 Å². The molecule has 2 aromatic carbocycles. The normalized spacial score (nSPS) is 11.3. The molecular formula is C22H25NO4. The van der Waals surface area contributed by atoms with E-state index < -0.39 is 11.4 Å². The lowest BCUT2D eigenvalue weighted by molar-refractivity contribution is -0.129. The Labute approximate surface area is 160 Å². The summed E-state index contributed by atoms with van der Waals surface area (Å²) in [7, 11) is 3.32. The van der Waals surface area contributed by atoms with Crippen molar-refractivity contribution in [1.82, 2.24) is 0 Å². The Morgan fingerprint density at radius 3 is 2.26 bits per heavy atom. The minimum absolute atomic E-state index is 0.00784. The Morgan fingerprint density at radius 2 is 1.67 bits per heavy atom. The Hall–Kier alpha value is -3.08. The van der Waals surface area contributed by atoms with Crippen LogP contribution in [-0.4, -0.2) is 26.0 Å². The highest BCUT2D eigenvalue weighted by Crippen LogP contribution is 2.24. The van der Waals surface area contributed by atoms with Gasteiger partial charge in [0.05, 0.1) is 7.11 Å². The zero-order valence-electron chi connectivity index (χ0n) is 16.4. The smallest absolute Gasteiger partial charge is 0.336 e. The number of rotatable bonds is 5. The van der Waals surface area contributed by atoms with Gasteiger partial charge in [-0.05, 0) is 48.0 Å². The van der Waals surface area contributed by atoms with E-state index in [2.05, 4.69) is 0 Å². The van der Waals surface area contributed by atoms with E-state index >= 15 is 0 Å². The standard InChI is InChI=1S/C22H25NO4/c1-22(2,3)21(25)23(4)17-10-12-18(13-11-17)27-20(24)14-9-16-7-6-8-19(15-16)26-5/h6-15H,1-5H3/b14-9+. The molecule has 0 bridgehead atoms. The van der Waals surface area contributed by atoms with E-state index in [-0.39, 0.29) is 5.91 Å². The predicted octanol–water partition coefficient (Wildman–Crippen LogP) is 4.32. The second kappa shape index (κ2) is 8.54. The molecule has 27 heavy (non-hydrogen) atoms. The van der Waals surface area contributed by atoms with Crippen molar-refractivity contribution in [1.29, 1.82) is 0 Å². The topological polar surface area (TPSA) is 55.8 Å². The molecule has 0 spiro atoms. The summed E-state index contributed by atoms with van der Waals surface area (Å²) in [4.78, 5) is 25.9. The molecule has 1 amide bonds. The van der Waals surface area contributed by atoms with Crippen LogP contribution in [0.25, 0.3) is 6.08 Å². The summed E-state index contributed by atoms with van der Waals surface area (Å²) in [5, 5.41) is 0. The van der Waals surface area contributed by atoms with Gasteiger partial charge in [-0.15, -0.1) is 0 Å². The van der Waals surface area contributed by atoms with Gasteiger partial charge < -0.3 is 14.4 Å². The van der Waals surface area contributed by atoms with Crippen LogP contribution in [0, 0.1) is 5.41 Å². The lowest BCUT2D eigenvalue weighted by Gasteiger charge is -2.26. The van der Waals surface area contributed by atoms with E-state index in [9.17, 15) is 9.59 Å². The second-order valence-electron chi connectivity index (χ2n) is 7.14. The molecule has 2 aromatic rings. The molecule has 142 valence electrons. The third-order valence-corrected chi connectivity index (χ3v) is 3.89. The SMILES string of the molecule is COc1cccc(/C=C/C(=O)Oc2ccc(N(C)C(=O)C(C)(C)C)cc2)c1. The van der Waals surface area contributed by atoms with Crippen molar-refractivity contribution in [3.05, 3.63) is 60.2 Å². The van der Waals surface area contributed by atoms with Gasteiger partial charge in [-0.2, -0.15) is 0 Å². The van der Waals surface area contributed by atoms with Gasteiger partial charge in [-0.3, -0.25) is 4.79 Å². The number of hydrogen-bond donors (Lipinski definition) is 0. The molecule has 0 aliphatic heterocycles. The molecule has 0 heterocycles. The Kier molecular flexibility index (Phi) is 6.40. The maximum atomic E-state index is 12.3. The van der Waals surface area contributed by atoms with Crippen molar-refractivity contribution in [2.24, 2.45) is 5.41 Å². The third-order valence-electron chi connectivity index (χ3n) is 3.89. The zero-order valence-corrected chi connectivity index (χ0v) is 16.4. The van der Waals surface area contributed by atoms with Crippen LogP contribution in [0.2, 0.25) is 0 Å². The number of methoxy groups -OCH3 is 1. The molecule has 0 saturated carbocycles. The van der Waals surface area contributed by atoms with Crippen molar-refractivity contribution >= 4 is 23.6 Å². The number of hydrogen-bond acceptors (Lipinski definition) is 4. The Morgan fingerprint density at radius 1 is 1.00 bits per heavy atom. The number of carbonyl (C=O) groups is 2. The maximum Gasteiger partial charge on any atom is 0.336 e. The first-order valence-electron chi connectivity index (χ1n) is 8.63. The fourth-order valence-electron chi connectivity index (χ4n) is 2.42.